The molecule has 26 heavy (non-hydrogen) atoms. The van der Waals surface area contributed by atoms with E-state index in [0.29, 0.717) is 22.1 Å². The molecular formula is C19H20N4O2S. The minimum absolute atomic E-state index is 0.0540. The van der Waals surface area contributed by atoms with Crippen LogP contribution < -0.4 is 11.5 Å². The van der Waals surface area contributed by atoms with E-state index in [1.165, 1.54) is 11.3 Å². The molecule has 0 spiro atoms. The number of amides is 2. The number of carbonyl (C=O) groups is 2. The lowest BCUT2D eigenvalue weighted by Crippen LogP contribution is -2.14. The molecule has 1 atom stereocenters. The number of hydrogen-bond acceptors (Lipinski definition) is 4. The summed E-state index contributed by atoms with van der Waals surface area (Å²) in [6.45, 7) is 3.91. The van der Waals surface area contributed by atoms with Crippen LogP contribution in [0.2, 0.25) is 0 Å². The Morgan fingerprint density at radius 2 is 1.92 bits per heavy atom. The van der Waals surface area contributed by atoms with Gasteiger partial charge in [0.1, 0.15) is 10.8 Å². The maximum Gasteiger partial charge on any atom is 0.251 e. The summed E-state index contributed by atoms with van der Waals surface area (Å²) in [4.78, 5) is 28.5. The number of aromatic nitrogens is 2. The number of aryl methyl sites for hydroxylation is 1. The van der Waals surface area contributed by atoms with Crippen molar-refractivity contribution in [2.75, 3.05) is 0 Å². The van der Waals surface area contributed by atoms with Gasteiger partial charge in [-0.25, -0.2) is 4.98 Å². The molecule has 0 radical (unpaired) electrons. The fraction of sp³-hybridized carbons (Fsp3) is 0.211. The van der Waals surface area contributed by atoms with Crippen LogP contribution in [0.25, 0.3) is 5.00 Å². The Labute approximate surface area is 155 Å². The zero-order chi connectivity index (χ0) is 18.8. The first-order valence-electron chi connectivity index (χ1n) is 8.18. The van der Waals surface area contributed by atoms with Crippen molar-refractivity contribution in [3.63, 3.8) is 0 Å². The lowest BCUT2D eigenvalue weighted by molar-refractivity contribution is -0.117. The Morgan fingerprint density at radius 3 is 2.54 bits per heavy atom. The molecule has 6 nitrogen and oxygen atoms in total. The average Bonchev–Trinajstić information content (AvgIpc) is 3.18. The van der Waals surface area contributed by atoms with Gasteiger partial charge in [-0.3, -0.25) is 14.2 Å². The molecule has 3 rings (SSSR count). The second-order valence-corrected chi connectivity index (χ2v) is 7.22. The second kappa shape index (κ2) is 7.13. The summed E-state index contributed by atoms with van der Waals surface area (Å²) in [6.07, 6.45) is 1.79. The number of benzene rings is 1. The van der Waals surface area contributed by atoms with Crippen LogP contribution in [0, 0.1) is 6.92 Å². The molecule has 3 aromatic rings. The number of hydrogen-bond donors (Lipinski definition) is 2. The highest BCUT2D eigenvalue weighted by molar-refractivity contribution is 7.15. The monoisotopic (exact) mass is 368 g/mol. The molecule has 4 N–H and O–H groups in total. The van der Waals surface area contributed by atoms with Gasteiger partial charge in [-0.1, -0.05) is 37.3 Å². The molecule has 1 unspecified atom stereocenters. The van der Waals surface area contributed by atoms with Crippen LogP contribution in [0.3, 0.4) is 0 Å². The second-order valence-electron chi connectivity index (χ2n) is 6.16. The molecule has 7 heteroatoms. The molecule has 0 aliphatic rings. The number of nitrogens with zero attached hydrogens (tertiary/aromatic N) is 2. The smallest absolute Gasteiger partial charge is 0.251 e. The van der Waals surface area contributed by atoms with E-state index in [1.807, 2.05) is 31.2 Å². The van der Waals surface area contributed by atoms with Crippen molar-refractivity contribution >= 4 is 23.2 Å². The van der Waals surface area contributed by atoms with Gasteiger partial charge in [-0.15, -0.1) is 11.3 Å². The first kappa shape index (κ1) is 17.9. The quantitative estimate of drug-likeness (QED) is 0.698. The van der Waals surface area contributed by atoms with Crippen LogP contribution in [-0.4, -0.2) is 21.4 Å². The number of imidazole rings is 1. The van der Waals surface area contributed by atoms with Crippen molar-refractivity contribution in [3.05, 3.63) is 70.1 Å². The zero-order valence-electron chi connectivity index (χ0n) is 14.6. The molecule has 0 saturated carbocycles. The normalized spacial score (nSPS) is 12.1. The Hall–Kier alpha value is -2.93. The molecule has 2 aromatic heterocycles. The molecule has 0 aliphatic carbocycles. The van der Waals surface area contributed by atoms with Gasteiger partial charge in [0.15, 0.2) is 0 Å². The topological polar surface area (TPSA) is 104 Å². The zero-order valence-corrected chi connectivity index (χ0v) is 15.4. The fourth-order valence-corrected chi connectivity index (χ4v) is 4.14. The van der Waals surface area contributed by atoms with Crippen LogP contribution in [0.5, 0.6) is 0 Å². The van der Waals surface area contributed by atoms with Gasteiger partial charge in [0.2, 0.25) is 5.91 Å². The van der Waals surface area contributed by atoms with Gasteiger partial charge in [-0.2, -0.15) is 0 Å². The molecule has 0 bridgehead atoms. The van der Waals surface area contributed by atoms with Crippen molar-refractivity contribution in [2.45, 2.75) is 26.2 Å². The fourth-order valence-electron chi connectivity index (χ4n) is 2.88. The average molecular weight is 368 g/mol. The highest BCUT2D eigenvalue weighted by Gasteiger charge is 2.21. The van der Waals surface area contributed by atoms with Crippen molar-refractivity contribution in [3.8, 4) is 5.00 Å². The highest BCUT2D eigenvalue weighted by Crippen LogP contribution is 2.35. The van der Waals surface area contributed by atoms with Crippen LogP contribution in [0.1, 0.15) is 45.2 Å². The van der Waals surface area contributed by atoms with Gasteiger partial charge in [-0.05, 0) is 18.6 Å². The van der Waals surface area contributed by atoms with Gasteiger partial charge in [0.25, 0.3) is 5.91 Å². The highest BCUT2D eigenvalue weighted by atomic mass is 32.1. The van der Waals surface area contributed by atoms with E-state index in [9.17, 15) is 9.59 Å². The SMILES string of the molecule is Cc1nc(CC(N)=O)cn1-c1sc(C(C)c2ccccc2)cc1C(N)=O. The van der Waals surface area contributed by atoms with E-state index in [4.69, 9.17) is 11.5 Å². The van der Waals surface area contributed by atoms with Crippen LogP contribution in [-0.2, 0) is 11.2 Å². The minimum Gasteiger partial charge on any atom is -0.369 e. The molecule has 2 heterocycles. The maximum atomic E-state index is 12.0. The Balaban J connectivity index is 2.05. The van der Waals surface area contributed by atoms with Gasteiger partial charge >= 0.3 is 0 Å². The molecule has 2 amide bonds. The summed E-state index contributed by atoms with van der Waals surface area (Å²) >= 11 is 1.50. The minimum atomic E-state index is -0.493. The molecule has 0 saturated heterocycles. The molecule has 0 aliphatic heterocycles. The summed E-state index contributed by atoms with van der Waals surface area (Å²) in [5, 5.41) is 0.705. The van der Waals surface area contributed by atoms with Crippen LogP contribution in [0.4, 0.5) is 0 Å². The van der Waals surface area contributed by atoms with Gasteiger partial charge < -0.3 is 11.5 Å². The van der Waals surface area contributed by atoms with Crippen molar-refractivity contribution in [1.82, 2.24) is 9.55 Å². The number of thiophene rings is 1. The summed E-state index contributed by atoms with van der Waals surface area (Å²) in [6, 6.07) is 11.9. The first-order valence-corrected chi connectivity index (χ1v) is 9.00. The van der Waals surface area contributed by atoms with E-state index in [-0.39, 0.29) is 12.3 Å². The Kier molecular flexibility index (Phi) is 4.90. The number of rotatable bonds is 6. The first-order chi connectivity index (χ1) is 12.4. The molecule has 134 valence electrons. The van der Waals surface area contributed by atoms with Gasteiger partial charge in [0, 0.05) is 17.0 Å². The van der Waals surface area contributed by atoms with E-state index in [0.717, 1.165) is 10.4 Å². The molecule has 0 fully saturated rings. The van der Waals surface area contributed by atoms with Crippen molar-refractivity contribution in [2.24, 2.45) is 11.5 Å². The lowest BCUT2D eigenvalue weighted by atomic mass is 9.99. The molecule has 1 aromatic carbocycles. The van der Waals surface area contributed by atoms with Crippen LogP contribution >= 0.6 is 11.3 Å². The Morgan fingerprint density at radius 1 is 1.23 bits per heavy atom. The summed E-state index contributed by atoms with van der Waals surface area (Å²) < 4.78 is 1.80. The molecular weight excluding hydrogens is 348 g/mol. The van der Waals surface area contributed by atoms with Crippen molar-refractivity contribution < 1.29 is 9.59 Å². The predicted molar refractivity (Wildman–Crippen MR) is 102 cm³/mol. The standard InChI is InChI=1S/C19H20N4O2S/c1-11(13-6-4-3-5-7-13)16-9-15(18(21)25)19(26-16)23-10-14(8-17(20)24)22-12(23)2/h3-7,9-11H,8H2,1-2H3,(H2,20,24)(H2,21,25). The third-order valence-corrected chi connectivity index (χ3v) is 5.55. The van der Waals surface area contributed by atoms with E-state index >= 15 is 0 Å². The third kappa shape index (κ3) is 3.52. The predicted octanol–water partition coefficient (Wildman–Crippen LogP) is 2.52. The van der Waals surface area contributed by atoms with Crippen LogP contribution in [0.15, 0.2) is 42.6 Å². The van der Waals surface area contributed by atoms with Gasteiger partial charge in [0.05, 0.1) is 17.7 Å². The maximum absolute atomic E-state index is 12.0. The van der Waals surface area contributed by atoms with E-state index in [2.05, 4.69) is 24.0 Å². The summed E-state index contributed by atoms with van der Waals surface area (Å²) in [7, 11) is 0. The Bertz CT molecular complexity index is 959. The third-order valence-electron chi connectivity index (χ3n) is 4.23. The summed E-state index contributed by atoms with van der Waals surface area (Å²) in [5.41, 5.74) is 13.0. The largest absolute Gasteiger partial charge is 0.369 e. The van der Waals surface area contributed by atoms with E-state index < -0.39 is 11.8 Å². The van der Waals surface area contributed by atoms with E-state index in [1.54, 1.807) is 10.8 Å². The summed E-state index contributed by atoms with van der Waals surface area (Å²) in [5.74, 6) is -0.145. The lowest BCUT2D eigenvalue weighted by Gasteiger charge is -2.09. The number of carbonyl (C=O) groups excluding carboxylic acids is 2. The number of nitrogens with two attached hydrogens (primary N) is 2. The number of primary amides is 2. The van der Waals surface area contributed by atoms with Crippen molar-refractivity contribution in [1.29, 1.82) is 0 Å².